The summed E-state index contributed by atoms with van der Waals surface area (Å²) in [5.74, 6) is 0.189. The number of Topliss-reactive ketones (excluding diaryl/α,β-unsaturated/α-hetero) is 1. The first kappa shape index (κ1) is 20.2. The van der Waals surface area contributed by atoms with E-state index in [9.17, 15) is 9.59 Å². The molecule has 0 aliphatic carbocycles. The molecule has 0 aromatic heterocycles. The highest BCUT2D eigenvalue weighted by Crippen LogP contribution is 2.37. The van der Waals surface area contributed by atoms with Crippen LogP contribution in [0, 0.1) is 0 Å². The number of amides is 1. The Balaban J connectivity index is 2.78. The average molecular weight is 344 g/mol. The van der Waals surface area contributed by atoms with E-state index >= 15 is 0 Å². The Hall–Kier alpha value is -0.883. The molecule has 1 rings (SSSR count). The monoisotopic (exact) mass is 343 g/mol. The van der Waals surface area contributed by atoms with Crippen molar-refractivity contribution in [2.45, 2.75) is 84.2 Å². The maximum Gasteiger partial charge on any atom is 0.410 e. The van der Waals surface area contributed by atoms with Crippen molar-refractivity contribution >= 4 is 20.2 Å². The summed E-state index contributed by atoms with van der Waals surface area (Å²) in [5.41, 5.74) is -0.538. The molecule has 1 heterocycles. The molecule has 0 aromatic rings. The van der Waals surface area contributed by atoms with Gasteiger partial charge in [0.2, 0.25) is 0 Å². The first-order chi connectivity index (χ1) is 10.2. The van der Waals surface area contributed by atoms with Gasteiger partial charge in [0.1, 0.15) is 11.4 Å². The number of ketones is 1. The van der Waals surface area contributed by atoms with Gasteiger partial charge >= 0.3 is 6.09 Å². The molecule has 0 radical (unpaired) electrons. The van der Waals surface area contributed by atoms with Gasteiger partial charge in [-0.05, 0) is 38.9 Å². The zero-order valence-electron chi connectivity index (χ0n) is 16.0. The number of nitrogens with zero attached hydrogens (tertiary/aromatic N) is 1. The van der Waals surface area contributed by atoms with Crippen LogP contribution in [-0.4, -0.2) is 49.9 Å². The molecule has 134 valence electrons. The van der Waals surface area contributed by atoms with E-state index in [1.54, 1.807) is 4.90 Å². The van der Waals surface area contributed by atoms with Gasteiger partial charge in [-0.1, -0.05) is 20.8 Å². The average Bonchev–Trinajstić information content (AvgIpc) is 2.32. The summed E-state index contributed by atoms with van der Waals surface area (Å²) in [6.07, 6.45) is 0.401. The topological polar surface area (TPSA) is 55.8 Å². The molecule has 1 saturated heterocycles. The zero-order chi connectivity index (χ0) is 18.1. The molecule has 1 amide bonds. The number of hydrogen-bond donors (Lipinski definition) is 0. The molecule has 6 heteroatoms. The summed E-state index contributed by atoms with van der Waals surface area (Å²) in [4.78, 5) is 25.9. The maximum absolute atomic E-state index is 12.4. The third-order valence-corrected chi connectivity index (χ3v) is 9.11. The number of carbonyl (C=O) groups is 2. The van der Waals surface area contributed by atoms with Crippen LogP contribution < -0.4 is 0 Å². The summed E-state index contributed by atoms with van der Waals surface area (Å²) in [5, 5.41) is 0.0996. The minimum Gasteiger partial charge on any atom is -0.444 e. The molecule has 1 aliphatic heterocycles. The number of piperidine rings is 1. The molecule has 0 unspecified atom stereocenters. The lowest BCUT2D eigenvalue weighted by molar-refractivity contribution is -0.123. The van der Waals surface area contributed by atoms with E-state index in [4.69, 9.17) is 9.16 Å². The van der Waals surface area contributed by atoms with Gasteiger partial charge in [-0.2, -0.15) is 0 Å². The Morgan fingerprint density at radius 3 is 2.26 bits per heavy atom. The second kappa shape index (κ2) is 6.93. The second-order valence-electron chi connectivity index (χ2n) is 8.89. The Labute approximate surface area is 141 Å². The fraction of sp³-hybridized carbons (Fsp3) is 0.882. The fourth-order valence-electron chi connectivity index (χ4n) is 2.13. The molecule has 0 bridgehead atoms. The summed E-state index contributed by atoms with van der Waals surface area (Å²) < 4.78 is 11.7. The first-order valence-corrected chi connectivity index (χ1v) is 11.3. The Morgan fingerprint density at radius 1 is 1.22 bits per heavy atom. The van der Waals surface area contributed by atoms with Gasteiger partial charge in [-0.25, -0.2) is 4.79 Å². The summed E-state index contributed by atoms with van der Waals surface area (Å²) in [6.45, 7) is 17.2. The van der Waals surface area contributed by atoms with E-state index in [1.807, 2.05) is 20.8 Å². The van der Waals surface area contributed by atoms with Crippen molar-refractivity contribution in [3.63, 3.8) is 0 Å². The van der Waals surface area contributed by atoms with Crippen molar-refractivity contribution in [3.05, 3.63) is 0 Å². The summed E-state index contributed by atoms with van der Waals surface area (Å²) in [7, 11) is -1.91. The Kier molecular flexibility index (Phi) is 6.07. The van der Waals surface area contributed by atoms with Crippen LogP contribution in [0.15, 0.2) is 0 Å². The van der Waals surface area contributed by atoms with Crippen molar-refractivity contribution < 1.29 is 18.8 Å². The van der Waals surface area contributed by atoms with Gasteiger partial charge in [0, 0.05) is 19.4 Å². The van der Waals surface area contributed by atoms with Crippen LogP contribution >= 0.6 is 0 Å². The minimum atomic E-state index is -1.91. The lowest BCUT2D eigenvalue weighted by Crippen LogP contribution is -2.52. The number of rotatable bonds is 3. The van der Waals surface area contributed by atoms with Crippen LogP contribution in [0.4, 0.5) is 4.79 Å². The van der Waals surface area contributed by atoms with E-state index in [0.717, 1.165) is 0 Å². The molecule has 0 saturated carbocycles. The smallest absolute Gasteiger partial charge is 0.410 e. The minimum absolute atomic E-state index is 0.0996. The highest BCUT2D eigenvalue weighted by atomic mass is 28.4. The van der Waals surface area contributed by atoms with E-state index in [1.165, 1.54) is 0 Å². The number of hydrogen-bond acceptors (Lipinski definition) is 4. The number of likely N-dealkylation sites (tertiary alicyclic amines) is 1. The summed E-state index contributed by atoms with van der Waals surface area (Å²) >= 11 is 0. The molecular weight excluding hydrogens is 310 g/mol. The van der Waals surface area contributed by atoms with Crippen molar-refractivity contribution in [1.29, 1.82) is 0 Å². The van der Waals surface area contributed by atoms with Crippen LogP contribution in [0.2, 0.25) is 18.1 Å². The molecule has 1 aliphatic rings. The van der Waals surface area contributed by atoms with Gasteiger partial charge in [-0.3, -0.25) is 4.79 Å². The lowest BCUT2D eigenvalue weighted by Gasteiger charge is -2.40. The van der Waals surface area contributed by atoms with Crippen molar-refractivity contribution in [2.24, 2.45) is 0 Å². The largest absolute Gasteiger partial charge is 0.444 e. The van der Waals surface area contributed by atoms with Crippen molar-refractivity contribution in [2.75, 3.05) is 13.2 Å². The zero-order valence-corrected chi connectivity index (χ0v) is 17.0. The van der Waals surface area contributed by atoms with Gasteiger partial charge in [-0.15, -0.1) is 0 Å². The Bertz CT molecular complexity index is 448. The molecule has 5 nitrogen and oxygen atoms in total. The number of carbonyl (C=O) groups excluding carboxylic acids is 2. The fourth-order valence-corrected chi connectivity index (χ4v) is 3.18. The highest BCUT2D eigenvalue weighted by molar-refractivity contribution is 6.74. The standard InChI is InChI=1S/C17H33NO4Si/c1-16(2,3)22-15(20)18-10-9-14(19)11-13(18)12-21-23(7,8)17(4,5)6/h13H,9-12H2,1-8H3/t13-/m0/s1. The molecule has 23 heavy (non-hydrogen) atoms. The van der Waals surface area contributed by atoms with Crippen LogP contribution in [0.1, 0.15) is 54.4 Å². The molecule has 0 N–H and O–H groups in total. The predicted molar refractivity (Wildman–Crippen MR) is 94.1 cm³/mol. The number of ether oxygens (including phenoxy) is 1. The molecule has 1 fully saturated rings. The van der Waals surface area contributed by atoms with Gasteiger partial charge in [0.05, 0.1) is 12.6 Å². The van der Waals surface area contributed by atoms with Crippen molar-refractivity contribution in [3.8, 4) is 0 Å². The summed E-state index contributed by atoms with van der Waals surface area (Å²) in [6, 6.07) is -0.222. The van der Waals surface area contributed by atoms with E-state index in [2.05, 4.69) is 33.9 Å². The van der Waals surface area contributed by atoms with E-state index in [-0.39, 0.29) is 23.0 Å². The second-order valence-corrected chi connectivity index (χ2v) is 13.7. The van der Waals surface area contributed by atoms with E-state index in [0.29, 0.717) is 26.0 Å². The van der Waals surface area contributed by atoms with Gasteiger partial charge in [0.25, 0.3) is 0 Å². The predicted octanol–water partition coefficient (Wildman–Crippen LogP) is 3.98. The van der Waals surface area contributed by atoms with Crippen LogP contribution in [0.5, 0.6) is 0 Å². The quantitative estimate of drug-likeness (QED) is 0.727. The third-order valence-electron chi connectivity index (χ3n) is 4.61. The third kappa shape index (κ3) is 5.92. The highest BCUT2D eigenvalue weighted by Gasteiger charge is 2.40. The molecule has 1 atom stereocenters. The Morgan fingerprint density at radius 2 is 1.78 bits per heavy atom. The van der Waals surface area contributed by atoms with Gasteiger partial charge < -0.3 is 14.1 Å². The molecule has 0 spiro atoms. The van der Waals surface area contributed by atoms with Crippen molar-refractivity contribution in [1.82, 2.24) is 4.90 Å². The lowest BCUT2D eigenvalue weighted by atomic mass is 10.0. The molecular formula is C17H33NO4Si. The van der Waals surface area contributed by atoms with Crippen LogP contribution in [0.3, 0.4) is 0 Å². The van der Waals surface area contributed by atoms with Crippen LogP contribution in [0.25, 0.3) is 0 Å². The maximum atomic E-state index is 12.4. The SMILES string of the molecule is CC(C)(C)OC(=O)N1CCC(=O)C[C@H]1CO[Si](C)(C)C(C)(C)C. The molecule has 0 aromatic carbocycles. The van der Waals surface area contributed by atoms with Gasteiger partial charge in [0.15, 0.2) is 8.32 Å². The first-order valence-electron chi connectivity index (χ1n) is 8.38. The normalized spacial score (nSPS) is 20.6. The van der Waals surface area contributed by atoms with E-state index < -0.39 is 13.9 Å². The van der Waals surface area contributed by atoms with Crippen LogP contribution in [-0.2, 0) is 14.0 Å².